The van der Waals surface area contributed by atoms with Gasteiger partial charge in [-0.3, -0.25) is 0 Å². The Morgan fingerprint density at radius 1 is 1.46 bits per heavy atom. The third-order valence-corrected chi connectivity index (χ3v) is 1.50. The van der Waals surface area contributed by atoms with E-state index < -0.39 is 0 Å². The molecule has 0 amide bonds. The Morgan fingerprint density at radius 2 is 2.00 bits per heavy atom. The highest BCUT2D eigenvalue weighted by molar-refractivity contribution is 7.80. The van der Waals surface area contributed by atoms with Crippen LogP contribution in [0.25, 0.3) is 0 Å². The van der Waals surface area contributed by atoms with Crippen LogP contribution in [-0.2, 0) is 4.74 Å². The van der Waals surface area contributed by atoms with Crippen molar-refractivity contribution >= 4 is 17.3 Å². The normalized spacial score (nSPS) is 13.6. The third kappa shape index (κ3) is 7.99. The van der Waals surface area contributed by atoms with Gasteiger partial charge in [-0.25, -0.2) is 0 Å². The smallest absolute Gasteiger partial charge is 0.166 e. The van der Waals surface area contributed by atoms with E-state index in [-0.39, 0.29) is 11.6 Å². The monoisotopic (exact) mass is 204 g/mol. The zero-order chi connectivity index (χ0) is 10.5. The van der Waals surface area contributed by atoms with Crippen LogP contribution < -0.4 is 10.6 Å². The van der Waals surface area contributed by atoms with E-state index in [0.717, 1.165) is 0 Å². The topological polar surface area (TPSA) is 33.3 Å². The van der Waals surface area contributed by atoms with Crippen LogP contribution in [0, 0.1) is 0 Å². The Bertz CT molecular complexity index is 165. The molecule has 0 aliphatic carbocycles. The molecule has 2 N–H and O–H groups in total. The van der Waals surface area contributed by atoms with Crippen molar-refractivity contribution in [1.29, 1.82) is 0 Å². The maximum absolute atomic E-state index is 5.11. The van der Waals surface area contributed by atoms with Gasteiger partial charge < -0.3 is 15.4 Å². The molecule has 13 heavy (non-hydrogen) atoms. The van der Waals surface area contributed by atoms with Crippen molar-refractivity contribution in [2.24, 2.45) is 0 Å². The highest BCUT2D eigenvalue weighted by Crippen LogP contribution is 1.97. The molecule has 0 spiro atoms. The van der Waals surface area contributed by atoms with Gasteiger partial charge in [0.25, 0.3) is 0 Å². The molecule has 3 nitrogen and oxygen atoms in total. The van der Waals surface area contributed by atoms with Crippen LogP contribution in [-0.4, -0.2) is 30.4 Å². The Kier molecular flexibility index (Phi) is 5.25. The summed E-state index contributed by atoms with van der Waals surface area (Å²) in [5, 5.41) is 6.98. The van der Waals surface area contributed by atoms with Crippen LogP contribution in [0.1, 0.15) is 27.7 Å². The summed E-state index contributed by atoms with van der Waals surface area (Å²) < 4.78 is 4.98. The Morgan fingerprint density at radius 3 is 2.38 bits per heavy atom. The molecular formula is C9H20N2OS. The van der Waals surface area contributed by atoms with Crippen molar-refractivity contribution < 1.29 is 4.74 Å². The maximum Gasteiger partial charge on any atom is 0.166 e. The molecule has 0 aromatic carbocycles. The molecule has 0 saturated heterocycles. The maximum atomic E-state index is 5.11. The minimum Gasteiger partial charge on any atom is -0.383 e. The highest BCUT2D eigenvalue weighted by Gasteiger charge is 2.12. The van der Waals surface area contributed by atoms with Gasteiger partial charge in [0.2, 0.25) is 0 Å². The number of nitrogens with one attached hydrogen (secondary N) is 2. The zero-order valence-corrected chi connectivity index (χ0v) is 9.92. The highest BCUT2D eigenvalue weighted by atomic mass is 32.1. The van der Waals surface area contributed by atoms with E-state index in [1.54, 1.807) is 7.11 Å². The second-order valence-corrected chi connectivity index (χ2v) is 4.61. The third-order valence-electron chi connectivity index (χ3n) is 1.28. The number of rotatable bonds is 3. The van der Waals surface area contributed by atoms with Crippen molar-refractivity contribution in [2.45, 2.75) is 39.3 Å². The van der Waals surface area contributed by atoms with Crippen LogP contribution in [0.3, 0.4) is 0 Å². The van der Waals surface area contributed by atoms with Crippen molar-refractivity contribution in [3.63, 3.8) is 0 Å². The standard InChI is InChI=1S/C9H20N2OS/c1-7(6-12-5)10-8(13)11-9(2,3)4/h7H,6H2,1-5H3,(H2,10,11,13). The first-order chi connectivity index (χ1) is 5.85. The fourth-order valence-electron chi connectivity index (χ4n) is 0.892. The molecule has 0 fully saturated rings. The van der Waals surface area contributed by atoms with Gasteiger partial charge in [0.15, 0.2) is 5.11 Å². The lowest BCUT2D eigenvalue weighted by atomic mass is 10.1. The molecule has 0 aromatic rings. The summed E-state index contributed by atoms with van der Waals surface area (Å²) in [6, 6.07) is 0.243. The molecule has 4 heteroatoms. The van der Waals surface area contributed by atoms with E-state index in [1.165, 1.54) is 0 Å². The molecule has 78 valence electrons. The number of methoxy groups -OCH3 is 1. The largest absolute Gasteiger partial charge is 0.383 e. The van der Waals surface area contributed by atoms with Gasteiger partial charge in [-0.05, 0) is 39.9 Å². The summed E-state index contributed by atoms with van der Waals surface area (Å²) in [4.78, 5) is 0. The second kappa shape index (κ2) is 5.40. The number of thiocarbonyl (C=S) groups is 1. The summed E-state index contributed by atoms with van der Waals surface area (Å²) in [7, 11) is 1.68. The Balaban J connectivity index is 3.74. The van der Waals surface area contributed by atoms with Gasteiger partial charge >= 0.3 is 0 Å². The number of ether oxygens (including phenoxy) is 1. The van der Waals surface area contributed by atoms with Crippen LogP contribution in [0.4, 0.5) is 0 Å². The van der Waals surface area contributed by atoms with Gasteiger partial charge in [-0.1, -0.05) is 0 Å². The summed E-state index contributed by atoms with van der Waals surface area (Å²) in [6.45, 7) is 8.90. The fourth-order valence-corrected chi connectivity index (χ4v) is 1.40. The van der Waals surface area contributed by atoms with Crippen molar-refractivity contribution in [3.8, 4) is 0 Å². The zero-order valence-electron chi connectivity index (χ0n) is 9.10. The molecule has 0 saturated carbocycles. The van der Waals surface area contributed by atoms with Crippen LogP contribution in [0.15, 0.2) is 0 Å². The predicted molar refractivity (Wildman–Crippen MR) is 60.0 cm³/mol. The minimum atomic E-state index is 0.0108. The van der Waals surface area contributed by atoms with Crippen molar-refractivity contribution in [3.05, 3.63) is 0 Å². The van der Waals surface area contributed by atoms with E-state index >= 15 is 0 Å². The Labute approximate surface area is 86.2 Å². The lowest BCUT2D eigenvalue weighted by Crippen LogP contribution is -2.49. The average Bonchev–Trinajstić information content (AvgIpc) is 1.81. The van der Waals surface area contributed by atoms with Crippen molar-refractivity contribution in [2.75, 3.05) is 13.7 Å². The number of hydrogen-bond acceptors (Lipinski definition) is 2. The van der Waals surface area contributed by atoms with E-state index in [1.807, 2.05) is 6.92 Å². The predicted octanol–water partition coefficient (Wildman–Crippen LogP) is 1.28. The van der Waals surface area contributed by atoms with Crippen molar-refractivity contribution in [1.82, 2.24) is 10.6 Å². The minimum absolute atomic E-state index is 0.0108. The SMILES string of the molecule is COCC(C)NC(=S)NC(C)(C)C. The summed E-state index contributed by atoms with van der Waals surface area (Å²) in [6.07, 6.45) is 0. The molecule has 1 unspecified atom stereocenters. The molecule has 0 rings (SSSR count). The first-order valence-electron chi connectivity index (χ1n) is 4.43. The van der Waals surface area contributed by atoms with Gasteiger partial charge in [0.1, 0.15) is 0 Å². The molecule has 0 aliphatic rings. The summed E-state index contributed by atoms with van der Waals surface area (Å²) in [5.41, 5.74) is 0.0108. The lowest BCUT2D eigenvalue weighted by molar-refractivity contribution is 0.179. The van der Waals surface area contributed by atoms with Gasteiger partial charge in [-0.15, -0.1) is 0 Å². The fraction of sp³-hybridized carbons (Fsp3) is 0.889. The molecule has 0 heterocycles. The average molecular weight is 204 g/mol. The molecule has 0 bridgehead atoms. The van der Waals surface area contributed by atoms with Gasteiger partial charge in [0, 0.05) is 18.7 Å². The molecule has 0 radical (unpaired) electrons. The molecule has 0 aromatic heterocycles. The summed E-state index contributed by atoms with van der Waals surface area (Å²) >= 11 is 5.11. The van der Waals surface area contributed by atoms with Crippen LogP contribution >= 0.6 is 12.2 Å². The second-order valence-electron chi connectivity index (χ2n) is 4.20. The molecule has 0 aliphatic heterocycles. The lowest BCUT2D eigenvalue weighted by Gasteiger charge is -2.25. The first-order valence-corrected chi connectivity index (χ1v) is 4.83. The van der Waals surface area contributed by atoms with Gasteiger partial charge in [0.05, 0.1) is 6.61 Å². The van der Waals surface area contributed by atoms with Gasteiger partial charge in [-0.2, -0.15) is 0 Å². The van der Waals surface area contributed by atoms with E-state index in [2.05, 4.69) is 31.4 Å². The summed E-state index contributed by atoms with van der Waals surface area (Å²) in [5.74, 6) is 0. The van der Waals surface area contributed by atoms with E-state index in [9.17, 15) is 0 Å². The molecular weight excluding hydrogens is 184 g/mol. The molecule has 1 atom stereocenters. The number of hydrogen-bond donors (Lipinski definition) is 2. The van der Waals surface area contributed by atoms with E-state index in [4.69, 9.17) is 17.0 Å². The quantitative estimate of drug-likeness (QED) is 0.679. The first kappa shape index (κ1) is 12.7. The van der Waals surface area contributed by atoms with Crippen LogP contribution in [0.5, 0.6) is 0 Å². The van der Waals surface area contributed by atoms with E-state index in [0.29, 0.717) is 11.7 Å². The Hall–Kier alpha value is -0.350. The van der Waals surface area contributed by atoms with Crippen LogP contribution in [0.2, 0.25) is 0 Å².